The third kappa shape index (κ3) is 4.25. The first-order valence-electron chi connectivity index (χ1n) is 9.71. The summed E-state index contributed by atoms with van der Waals surface area (Å²) in [5.74, 6) is 1.72. The van der Waals surface area contributed by atoms with Gasteiger partial charge in [0.25, 0.3) is 0 Å². The molecule has 0 fully saturated rings. The van der Waals surface area contributed by atoms with Crippen LogP contribution in [0.1, 0.15) is 40.3 Å². The van der Waals surface area contributed by atoms with Gasteiger partial charge in [0.1, 0.15) is 5.75 Å². The second-order valence-corrected chi connectivity index (χ2v) is 7.05. The van der Waals surface area contributed by atoms with Crippen molar-refractivity contribution in [3.05, 3.63) is 83.7 Å². The van der Waals surface area contributed by atoms with Gasteiger partial charge in [-0.05, 0) is 45.0 Å². The van der Waals surface area contributed by atoms with Crippen molar-refractivity contribution in [2.24, 2.45) is 0 Å². The number of ether oxygens (including phenoxy) is 1. The first-order valence-corrected chi connectivity index (χ1v) is 9.71. The van der Waals surface area contributed by atoms with E-state index >= 15 is 0 Å². The lowest BCUT2D eigenvalue weighted by Gasteiger charge is -2.11. The molecule has 2 aromatic carbocycles. The minimum Gasteiger partial charge on any atom is -0.439 e. The molecule has 2 heterocycles. The Bertz CT molecular complexity index is 1260. The van der Waals surface area contributed by atoms with E-state index in [0.29, 0.717) is 40.1 Å². The van der Waals surface area contributed by atoms with Crippen LogP contribution in [-0.4, -0.2) is 31.3 Å². The molecular weight excluding hydrogens is 392 g/mol. The number of nitrogens with zero attached hydrogens (tertiary/aromatic N) is 4. The maximum absolute atomic E-state index is 11.8. The second kappa shape index (κ2) is 8.31. The lowest BCUT2D eigenvalue weighted by molar-refractivity contribution is 0.100. The van der Waals surface area contributed by atoms with Crippen molar-refractivity contribution in [3.63, 3.8) is 0 Å². The van der Waals surface area contributed by atoms with E-state index in [-0.39, 0.29) is 11.6 Å². The maximum Gasteiger partial charge on any atom is 0.225 e. The maximum atomic E-state index is 11.8. The molecule has 0 atom stereocenters. The summed E-state index contributed by atoms with van der Waals surface area (Å²) in [7, 11) is 0. The highest BCUT2D eigenvalue weighted by Gasteiger charge is 2.16. The van der Waals surface area contributed by atoms with Gasteiger partial charge in [-0.1, -0.05) is 30.3 Å². The number of rotatable bonds is 6. The molecule has 4 rings (SSSR count). The number of ketones is 2. The van der Waals surface area contributed by atoms with Crippen molar-refractivity contribution in [3.8, 4) is 28.8 Å². The standard InChI is InChI=1S/C24H20N4O3/c1-15-21(17(3)30)14-25-28(15)22-13-23(27-24(26-22)19-7-5-4-6-8-19)31-20-11-9-18(10-12-20)16(2)29/h4-14H,1-3H3. The monoisotopic (exact) mass is 412 g/mol. The zero-order valence-corrected chi connectivity index (χ0v) is 17.4. The fraction of sp³-hybridized carbons (Fsp3) is 0.125. The number of carbonyl (C=O) groups is 2. The highest BCUT2D eigenvalue weighted by Crippen LogP contribution is 2.26. The number of aromatic nitrogens is 4. The van der Waals surface area contributed by atoms with E-state index in [1.165, 1.54) is 20.0 Å². The van der Waals surface area contributed by atoms with Crippen LogP contribution in [0.25, 0.3) is 17.2 Å². The summed E-state index contributed by atoms with van der Waals surface area (Å²) in [4.78, 5) is 32.5. The van der Waals surface area contributed by atoms with E-state index < -0.39 is 0 Å². The number of hydrogen-bond acceptors (Lipinski definition) is 6. The molecule has 4 aromatic rings. The lowest BCUT2D eigenvalue weighted by Crippen LogP contribution is -2.06. The summed E-state index contributed by atoms with van der Waals surface area (Å²) in [6, 6.07) is 18.0. The highest BCUT2D eigenvalue weighted by molar-refractivity contribution is 5.95. The zero-order chi connectivity index (χ0) is 22.0. The zero-order valence-electron chi connectivity index (χ0n) is 17.4. The van der Waals surface area contributed by atoms with E-state index in [4.69, 9.17) is 4.74 Å². The van der Waals surface area contributed by atoms with Gasteiger partial charge in [-0.25, -0.2) is 9.67 Å². The van der Waals surface area contributed by atoms with Gasteiger partial charge >= 0.3 is 0 Å². The fourth-order valence-electron chi connectivity index (χ4n) is 3.15. The summed E-state index contributed by atoms with van der Waals surface area (Å²) in [5, 5.41) is 4.33. The molecule has 0 saturated carbocycles. The topological polar surface area (TPSA) is 87.0 Å². The minimum atomic E-state index is -0.0666. The molecule has 154 valence electrons. The van der Waals surface area contributed by atoms with Crippen LogP contribution in [0.15, 0.2) is 66.9 Å². The SMILES string of the molecule is CC(=O)c1ccc(Oc2cc(-n3ncc(C(C)=O)c3C)nc(-c3ccccc3)n2)cc1. The Morgan fingerprint density at radius 3 is 2.23 bits per heavy atom. The molecule has 2 aromatic heterocycles. The molecule has 0 bridgehead atoms. The first-order chi connectivity index (χ1) is 14.9. The van der Waals surface area contributed by atoms with Crippen LogP contribution in [-0.2, 0) is 0 Å². The van der Waals surface area contributed by atoms with Gasteiger partial charge in [-0.2, -0.15) is 10.1 Å². The summed E-state index contributed by atoms with van der Waals surface area (Å²) in [6.45, 7) is 4.83. The van der Waals surface area contributed by atoms with Crippen molar-refractivity contribution in [1.29, 1.82) is 0 Å². The number of benzene rings is 2. The molecule has 0 aliphatic heterocycles. The third-order valence-corrected chi connectivity index (χ3v) is 4.81. The Morgan fingerprint density at radius 2 is 1.61 bits per heavy atom. The Morgan fingerprint density at radius 1 is 0.903 bits per heavy atom. The molecule has 0 radical (unpaired) electrons. The van der Waals surface area contributed by atoms with Crippen LogP contribution in [0.5, 0.6) is 11.6 Å². The van der Waals surface area contributed by atoms with Crippen molar-refractivity contribution < 1.29 is 14.3 Å². The first kappa shape index (κ1) is 20.2. The molecule has 0 aliphatic carbocycles. The van der Waals surface area contributed by atoms with Crippen LogP contribution >= 0.6 is 0 Å². The Balaban J connectivity index is 1.78. The lowest BCUT2D eigenvalue weighted by atomic mass is 10.1. The van der Waals surface area contributed by atoms with E-state index in [0.717, 1.165) is 5.56 Å². The smallest absolute Gasteiger partial charge is 0.225 e. The molecule has 0 amide bonds. The number of hydrogen-bond donors (Lipinski definition) is 0. The van der Waals surface area contributed by atoms with Gasteiger partial charge in [-0.15, -0.1) is 0 Å². The van der Waals surface area contributed by atoms with Crippen molar-refractivity contribution >= 4 is 11.6 Å². The molecule has 0 unspecified atom stereocenters. The van der Waals surface area contributed by atoms with Crippen LogP contribution in [0.2, 0.25) is 0 Å². The predicted molar refractivity (Wildman–Crippen MR) is 116 cm³/mol. The van der Waals surface area contributed by atoms with Crippen LogP contribution in [0.4, 0.5) is 0 Å². The van der Waals surface area contributed by atoms with E-state index in [1.54, 1.807) is 35.0 Å². The van der Waals surface area contributed by atoms with Crippen molar-refractivity contribution in [2.45, 2.75) is 20.8 Å². The molecule has 7 nitrogen and oxygen atoms in total. The van der Waals surface area contributed by atoms with Gasteiger partial charge in [0, 0.05) is 17.2 Å². The van der Waals surface area contributed by atoms with Crippen LogP contribution in [0.3, 0.4) is 0 Å². The predicted octanol–water partition coefficient (Wildman–Crippen LogP) is 4.84. The normalized spacial score (nSPS) is 10.7. The molecule has 7 heteroatoms. The fourth-order valence-corrected chi connectivity index (χ4v) is 3.15. The Labute approximate surface area is 179 Å². The molecule has 0 N–H and O–H groups in total. The van der Waals surface area contributed by atoms with Gasteiger partial charge in [0.2, 0.25) is 5.88 Å². The summed E-state index contributed by atoms with van der Waals surface area (Å²) in [5.41, 5.74) is 2.63. The Hall–Kier alpha value is -4.13. The average Bonchev–Trinajstić information content (AvgIpc) is 3.16. The molecule has 0 aliphatic rings. The van der Waals surface area contributed by atoms with Crippen LogP contribution < -0.4 is 4.74 Å². The van der Waals surface area contributed by atoms with E-state index in [9.17, 15) is 9.59 Å². The minimum absolute atomic E-state index is 0.0160. The van der Waals surface area contributed by atoms with Crippen molar-refractivity contribution in [2.75, 3.05) is 0 Å². The van der Waals surface area contributed by atoms with Crippen molar-refractivity contribution in [1.82, 2.24) is 19.7 Å². The quantitative estimate of drug-likeness (QED) is 0.421. The van der Waals surface area contributed by atoms with Crippen LogP contribution in [0, 0.1) is 6.92 Å². The number of Topliss-reactive ketones (excluding diaryl/α,β-unsaturated/α-hetero) is 2. The van der Waals surface area contributed by atoms with Gasteiger partial charge in [0.15, 0.2) is 23.2 Å². The molecular formula is C24H20N4O3. The van der Waals surface area contributed by atoms with E-state index in [1.807, 2.05) is 37.3 Å². The van der Waals surface area contributed by atoms with Gasteiger partial charge in [0.05, 0.1) is 17.5 Å². The Kier molecular flexibility index (Phi) is 5.41. The number of carbonyl (C=O) groups excluding carboxylic acids is 2. The average molecular weight is 412 g/mol. The molecule has 31 heavy (non-hydrogen) atoms. The summed E-state index contributed by atoms with van der Waals surface area (Å²) < 4.78 is 7.55. The highest BCUT2D eigenvalue weighted by atomic mass is 16.5. The summed E-state index contributed by atoms with van der Waals surface area (Å²) in [6.07, 6.45) is 1.53. The van der Waals surface area contributed by atoms with E-state index in [2.05, 4.69) is 15.1 Å². The van der Waals surface area contributed by atoms with Gasteiger partial charge in [-0.3, -0.25) is 9.59 Å². The second-order valence-electron chi connectivity index (χ2n) is 7.05. The largest absolute Gasteiger partial charge is 0.439 e. The van der Waals surface area contributed by atoms with Gasteiger partial charge < -0.3 is 4.74 Å². The molecule has 0 saturated heterocycles. The molecule has 0 spiro atoms. The third-order valence-electron chi connectivity index (χ3n) is 4.81. The summed E-state index contributed by atoms with van der Waals surface area (Å²) >= 11 is 0.